The van der Waals surface area contributed by atoms with Crippen LogP contribution in [-0.4, -0.2) is 167 Å². The quantitative estimate of drug-likeness (QED) is 0.0130. The van der Waals surface area contributed by atoms with Crippen molar-refractivity contribution in [2.45, 2.75) is 122 Å². The van der Waals surface area contributed by atoms with E-state index in [1.165, 1.54) is 31.2 Å². The van der Waals surface area contributed by atoms with E-state index in [2.05, 4.69) is 62.4 Å². The molecule has 714 valence electrons. The van der Waals surface area contributed by atoms with Crippen LogP contribution in [0.4, 0.5) is 0 Å². The molecule has 6 heterocycles. The van der Waals surface area contributed by atoms with Gasteiger partial charge in [-0.2, -0.15) is 25.5 Å². The number of carbonyl (C=O) groups excluding carboxylic acids is 14. The molecule has 0 radical (unpaired) electrons. The van der Waals surface area contributed by atoms with Crippen molar-refractivity contribution in [1.29, 1.82) is 0 Å². The van der Waals surface area contributed by atoms with Gasteiger partial charge in [0.2, 0.25) is 29.0 Å². The second-order valence-electron chi connectivity index (χ2n) is 33.0. The summed E-state index contributed by atoms with van der Waals surface area (Å²) < 4.78 is 13.1. The SMILES string of the molecule is CCC(C)C(NC(=O)c1cn(C)nc1-c1ccccc1)C(=O)C(N)=O.CCC(NC(=O)c1cn(C)nc1-c1ccccc1)C(=O)C(N)=O.Cc1cc(C)cc(CC(NC(=O)c2cn(C)nc2-c2ccccc2)C(=O)C(N)=O)c1.Cn1cc(C(=O)NC(Cc2ccccc2)C(=O)C(=O)NCc2ncco2)c(-c2ccccc2)n1.O=CC(Cc1ccccc1)NC(=O)c1cn(C2CC2)nc1-c1ccccc1. The van der Waals surface area contributed by atoms with Gasteiger partial charge in [-0.25, -0.2) is 4.98 Å². The number of hydrogen-bond donors (Lipinski definition) is 9. The first kappa shape index (κ1) is 102. The Balaban J connectivity index is 0.000000167. The molecule has 0 bridgehead atoms. The molecule has 6 atom stereocenters. The molecular formula is C104H108N20O15. The molecule has 9 amide bonds. The highest BCUT2D eigenvalue weighted by molar-refractivity contribution is 6.40. The van der Waals surface area contributed by atoms with Crippen LogP contribution in [0.1, 0.15) is 138 Å². The predicted molar refractivity (Wildman–Crippen MR) is 518 cm³/mol. The molecule has 1 aliphatic rings. The zero-order valence-corrected chi connectivity index (χ0v) is 78.0. The first-order valence-electron chi connectivity index (χ1n) is 44.6. The second-order valence-corrected chi connectivity index (χ2v) is 33.0. The highest BCUT2D eigenvalue weighted by Gasteiger charge is 2.35. The Hall–Kier alpha value is -17.4. The van der Waals surface area contributed by atoms with Crippen LogP contribution in [0.3, 0.4) is 0 Å². The third-order valence-corrected chi connectivity index (χ3v) is 22.1. The van der Waals surface area contributed by atoms with E-state index in [0.29, 0.717) is 75.2 Å². The highest BCUT2D eigenvalue weighted by Crippen LogP contribution is 2.37. The molecule has 139 heavy (non-hydrogen) atoms. The molecular weight excluding hydrogens is 1770 g/mol. The number of primary amides is 3. The molecule has 35 nitrogen and oxygen atoms in total. The maximum absolute atomic E-state index is 13.3. The van der Waals surface area contributed by atoms with E-state index in [-0.39, 0.29) is 43.5 Å². The van der Waals surface area contributed by atoms with E-state index in [1.54, 1.807) is 73.0 Å². The number of hydrogen-bond acceptors (Lipinski definition) is 21. The molecule has 6 aromatic heterocycles. The van der Waals surface area contributed by atoms with Crippen LogP contribution in [0.2, 0.25) is 0 Å². The maximum atomic E-state index is 13.3. The fourth-order valence-electron chi connectivity index (χ4n) is 14.9. The summed E-state index contributed by atoms with van der Waals surface area (Å²) >= 11 is 0. The number of Topliss-reactive ketones (excluding diaryl/α,β-unsaturated/α-hetero) is 4. The van der Waals surface area contributed by atoms with E-state index in [0.717, 1.165) is 74.8 Å². The summed E-state index contributed by atoms with van der Waals surface area (Å²) in [5, 5.41) is 38.0. The number of amides is 9. The molecule has 6 unspecified atom stereocenters. The Labute approximate surface area is 801 Å². The molecule has 15 rings (SSSR count). The lowest BCUT2D eigenvalue weighted by Gasteiger charge is -2.21. The van der Waals surface area contributed by atoms with Crippen molar-refractivity contribution in [1.82, 2.24) is 85.8 Å². The van der Waals surface area contributed by atoms with Crippen LogP contribution in [-0.2, 0) is 97.1 Å². The number of benzene rings is 8. The van der Waals surface area contributed by atoms with Crippen LogP contribution in [0.5, 0.6) is 0 Å². The third-order valence-electron chi connectivity index (χ3n) is 22.1. The van der Waals surface area contributed by atoms with E-state index in [1.807, 2.05) is 256 Å². The minimum absolute atomic E-state index is 0.0374. The van der Waals surface area contributed by atoms with Crippen LogP contribution in [0.15, 0.2) is 278 Å². The Morgan fingerprint density at radius 2 is 0.727 bits per heavy atom. The number of nitrogens with one attached hydrogen (secondary N) is 6. The van der Waals surface area contributed by atoms with Crippen molar-refractivity contribution in [3.8, 4) is 56.3 Å². The Kier molecular flexibility index (Phi) is 36.0. The normalized spacial score (nSPS) is 12.5. The number of aromatic nitrogens is 11. The second kappa shape index (κ2) is 49.0. The van der Waals surface area contributed by atoms with Gasteiger partial charge in [-0.3, -0.25) is 85.7 Å². The van der Waals surface area contributed by atoms with Crippen molar-refractivity contribution in [2.75, 3.05) is 0 Å². The highest BCUT2D eigenvalue weighted by atomic mass is 16.3. The van der Waals surface area contributed by atoms with E-state index in [4.69, 9.17) is 21.6 Å². The number of carbonyl (C=O) groups is 14. The summed E-state index contributed by atoms with van der Waals surface area (Å²) in [5.41, 5.74) is 28.5. The average Bonchev–Trinajstić information content (AvgIpc) is 1.65. The largest absolute Gasteiger partial charge is 0.447 e. The number of oxazole rings is 1. The number of nitrogens with zero attached hydrogens (tertiary/aromatic N) is 11. The van der Waals surface area contributed by atoms with Crippen molar-refractivity contribution in [3.05, 3.63) is 335 Å². The number of aryl methyl sites for hydroxylation is 6. The minimum Gasteiger partial charge on any atom is -0.447 e. The van der Waals surface area contributed by atoms with Crippen LogP contribution >= 0.6 is 0 Å². The lowest BCUT2D eigenvalue weighted by molar-refractivity contribution is -0.139. The van der Waals surface area contributed by atoms with Gasteiger partial charge in [0, 0.05) is 99.8 Å². The molecule has 8 aromatic carbocycles. The van der Waals surface area contributed by atoms with Gasteiger partial charge in [0.25, 0.3) is 53.2 Å². The lowest BCUT2D eigenvalue weighted by atomic mass is 9.94. The van der Waals surface area contributed by atoms with Crippen molar-refractivity contribution in [3.63, 3.8) is 0 Å². The summed E-state index contributed by atoms with van der Waals surface area (Å²) in [5.74, 6) is -9.42. The molecule has 1 fully saturated rings. The van der Waals surface area contributed by atoms with Gasteiger partial charge in [0.15, 0.2) is 0 Å². The molecule has 12 N–H and O–H groups in total. The minimum atomic E-state index is -1.08. The molecule has 0 saturated heterocycles. The van der Waals surface area contributed by atoms with Crippen molar-refractivity contribution in [2.24, 2.45) is 51.3 Å². The van der Waals surface area contributed by atoms with Crippen LogP contribution < -0.4 is 49.1 Å². The van der Waals surface area contributed by atoms with E-state index in [9.17, 15) is 67.1 Å². The van der Waals surface area contributed by atoms with Gasteiger partial charge in [-0.1, -0.05) is 269 Å². The zero-order valence-electron chi connectivity index (χ0n) is 78.0. The van der Waals surface area contributed by atoms with Crippen LogP contribution in [0.25, 0.3) is 56.3 Å². The number of ketones is 4. The first-order valence-corrected chi connectivity index (χ1v) is 44.6. The van der Waals surface area contributed by atoms with E-state index < -0.39 is 101 Å². The topological polar surface area (TPSA) is 504 Å². The van der Waals surface area contributed by atoms with Gasteiger partial charge >= 0.3 is 0 Å². The van der Waals surface area contributed by atoms with Crippen LogP contribution in [0, 0.1) is 19.8 Å². The zero-order chi connectivity index (χ0) is 99.9. The molecule has 14 aromatic rings. The summed E-state index contributed by atoms with van der Waals surface area (Å²) in [6.07, 6.45) is 15.6. The fraction of sp³-hybridized carbons (Fsp3) is 0.231. The third kappa shape index (κ3) is 28.6. The Morgan fingerprint density at radius 3 is 1.08 bits per heavy atom. The van der Waals surface area contributed by atoms with Crippen molar-refractivity contribution < 1.29 is 71.5 Å². The molecule has 1 aliphatic carbocycles. The predicted octanol–water partition coefficient (Wildman–Crippen LogP) is 9.76. The summed E-state index contributed by atoms with van der Waals surface area (Å²) in [6, 6.07) is 67.2. The van der Waals surface area contributed by atoms with Crippen molar-refractivity contribution >= 4 is 82.6 Å². The monoisotopic (exact) mass is 1880 g/mol. The fourth-order valence-corrected chi connectivity index (χ4v) is 14.9. The number of nitrogens with two attached hydrogens (primary N) is 3. The average molecular weight is 1880 g/mol. The smallest absolute Gasteiger partial charge is 0.290 e. The number of aldehydes is 1. The molecule has 1 saturated carbocycles. The van der Waals surface area contributed by atoms with Gasteiger partial charge < -0.3 is 58.3 Å². The van der Waals surface area contributed by atoms with E-state index >= 15 is 0 Å². The molecule has 0 aliphatic heterocycles. The summed E-state index contributed by atoms with van der Waals surface area (Å²) in [7, 11) is 6.84. The standard InChI is InChI=1S/C25H23N5O4.C23H24N4O3.C22H21N3O2.C18H22N4O3.C16H18N4O3/c1-30-16-19(22(29-30)18-10-6-3-7-11-18)24(32)28-20(14-17-8-4-2-5-9-17)23(31)25(33)27-15-21-26-12-13-34-21;1-14-9-15(2)11-16(10-14)12-19(21(28)22(24)29)25-23(30)18-13-27(3)26-20(18)17-7-5-4-6-8-17;26-15-18(13-16-7-3-1-4-8-16)23-22(27)20-14-25(19-11-12-19)24-21(20)17-9-5-2-6-10-17;1-4-11(2)14(16(23)17(19)24)20-18(25)13-10-22(3)21-15(13)12-8-6-5-7-9-12;1-3-12(14(21)15(17)22)18-16(23)11-9-20(2)19-13(11)10-7-5-4-6-8-10/h2-13,16,20H,14-15H2,1H3,(H,27,33)(H,28,32);4-11,13,19H,12H2,1-3H3,(H2,24,29)(H,25,30);1-10,14-15,18-19H,11-13H2,(H,23,27);5-11,14H,4H2,1-3H3,(H2,19,24)(H,20,25);4-9,12H,3H2,1-2H3,(H2,17,22)(H,18,23). The Morgan fingerprint density at radius 1 is 0.396 bits per heavy atom. The van der Waals surface area contributed by atoms with Gasteiger partial charge in [0.05, 0.1) is 58.7 Å². The maximum Gasteiger partial charge on any atom is 0.290 e. The van der Waals surface area contributed by atoms with Gasteiger partial charge in [-0.15, -0.1) is 0 Å². The molecule has 0 spiro atoms. The summed E-state index contributed by atoms with van der Waals surface area (Å²) in [4.78, 5) is 176. The molecule has 35 heteroatoms. The Bertz CT molecular complexity index is 6640. The first-order chi connectivity index (χ1) is 66.8. The van der Waals surface area contributed by atoms with Gasteiger partial charge in [-0.05, 0) is 62.1 Å². The summed E-state index contributed by atoms with van der Waals surface area (Å²) in [6.45, 7) is 9.20. The van der Waals surface area contributed by atoms with Gasteiger partial charge in [0.1, 0.15) is 59.1 Å². The number of rotatable bonds is 36. The lowest BCUT2D eigenvalue weighted by Crippen LogP contribution is -2.49.